The highest BCUT2D eigenvalue weighted by Crippen LogP contribution is 2.35. The Morgan fingerprint density at radius 1 is 1.15 bits per heavy atom. The second kappa shape index (κ2) is 7.26. The van der Waals surface area contributed by atoms with Crippen LogP contribution in [0.1, 0.15) is 17.0 Å². The molecule has 136 valence electrons. The quantitative estimate of drug-likeness (QED) is 0.727. The van der Waals surface area contributed by atoms with E-state index in [4.69, 9.17) is 21.4 Å². The fraction of sp³-hybridized carbons (Fsp3) is 0.200. The molecule has 0 aliphatic rings. The molecule has 0 saturated carbocycles. The standard InChI is InChI=1S/C15H11ClF3N5O2/c16-12-3-1-2-11(15(17,18)19)10(12)7-26-9-4-20-14(21-5-9)24-8-22-13(6-25)23-24/h1-5,8,25H,6-7H2. The molecule has 3 rings (SSSR count). The Morgan fingerprint density at radius 2 is 1.88 bits per heavy atom. The average Bonchev–Trinajstić information content (AvgIpc) is 3.09. The molecular weight excluding hydrogens is 375 g/mol. The van der Waals surface area contributed by atoms with E-state index in [9.17, 15) is 13.2 Å². The van der Waals surface area contributed by atoms with Crippen molar-refractivity contribution in [3.63, 3.8) is 0 Å². The van der Waals surface area contributed by atoms with Gasteiger partial charge in [-0.15, -0.1) is 5.10 Å². The van der Waals surface area contributed by atoms with Gasteiger partial charge in [-0.05, 0) is 12.1 Å². The number of benzene rings is 1. The number of aliphatic hydroxyl groups excluding tert-OH is 1. The SMILES string of the molecule is OCc1ncn(-c2ncc(OCc3c(Cl)cccc3C(F)(F)F)cn2)n1. The van der Waals surface area contributed by atoms with Crippen LogP contribution in [-0.2, 0) is 19.4 Å². The van der Waals surface area contributed by atoms with Gasteiger partial charge in [0, 0.05) is 10.6 Å². The van der Waals surface area contributed by atoms with Crippen LogP contribution in [0, 0.1) is 0 Å². The van der Waals surface area contributed by atoms with Crippen molar-refractivity contribution < 1.29 is 23.0 Å². The minimum atomic E-state index is -4.54. The molecule has 0 amide bonds. The molecule has 0 bridgehead atoms. The Bertz CT molecular complexity index is 899. The van der Waals surface area contributed by atoms with E-state index < -0.39 is 18.3 Å². The lowest BCUT2D eigenvalue weighted by atomic mass is 10.1. The predicted molar refractivity (Wildman–Crippen MR) is 83.7 cm³/mol. The lowest BCUT2D eigenvalue weighted by Crippen LogP contribution is -2.11. The van der Waals surface area contributed by atoms with E-state index in [0.29, 0.717) is 0 Å². The number of aliphatic hydroxyl groups is 1. The average molecular weight is 386 g/mol. The van der Waals surface area contributed by atoms with Crippen LogP contribution in [0.25, 0.3) is 5.95 Å². The first kappa shape index (κ1) is 18.1. The van der Waals surface area contributed by atoms with Crippen LogP contribution in [0.2, 0.25) is 5.02 Å². The molecule has 7 nitrogen and oxygen atoms in total. The predicted octanol–water partition coefficient (Wildman–Crippen LogP) is 2.80. The Kier molecular flexibility index (Phi) is 5.05. The van der Waals surface area contributed by atoms with E-state index in [1.54, 1.807) is 0 Å². The second-order valence-electron chi connectivity index (χ2n) is 5.03. The lowest BCUT2D eigenvalue weighted by Gasteiger charge is -2.14. The zero-order chi connectivity index (χ0) is 18.7. The monoisotopic (exact) mass is 385 g/mol. The van der Waals surface area contributed by atoms with E-state index in [2.05, 4.69) is 20.1 Å². The molecule has 0 fully saturated rings. The summed E-state index contributed by atoms with van der Waals surface area (Å²) in [4.78, 5) is 11.8. The van der Waals surface area contributed by atoms with Crippen molar-refractivity contribution in [3.05, 3.63) is 58.9 Å². The van der Waals surface area contributed by atoms with Crippen molar-refractivity contribution in [2.45, 2.75) is 19.4 Å². The highest BCUT2D eigenvalue weighted by molar-refractivity contribution is 6.31. The number of halogens is 4. The topological polar surface area (TPSA) is 86.0 Å². The normalized spacial score (nSPS) is 11.6. The number of alkyl halides is 3. The van der Waals surface area contributed by atoms with Gasteiger partial charge in [-0.1, -0.05) is 17.7 Å². The first-order chi connectivity index (χ1) is 12.4. The summed E-state index contributed by atoms with van der Waals surface area (Å²) in [6, 6.07) is 3.53. The summed E-state index contributed by atoms with van der Waals surface area (Å²) >= 11 is 5.87. The largest absolute Gasteiger partial charge is 0.486 e. The Balaban J connectivity index is 1.75. The molecule has 3 aromatic rings. The first-order valence-corrected chi connectivity index (χ1v) is 7.57. The Morgan fingerprint density at radius 3 is 2.50 bits per heavy atom. The first-order valence-electron chi connectivity index (χ1n) is 7.19. The fourth-order valence-corrected chi connectivity index (χ4v) is 2.32. The van der Waals surface area contributed by atoms with Gasteiger partial charge in [-0.3, -0.25) is 0 Å². The zero-order valence-electron chi connectivity index (χ0n) is 13.0. The molecule has 0 radical (unpaired) electrons. The van der Waals surface area contributed by atoms with Crippen molar-refractivity contribution in [1.29, 1.82) is 0 Å². The highest BCUT2D eigenvalue weighted by atomic mass is 35.5. The molecule has 26 heavy (non-hydrogen) atoms. The maximum Gasteiger partial charge on any atom is 0.416 e. The number of aromatic nitrogens is 5. The van der Waals surface area contributed by atoms with E-state index in [1.807, 2.05) is 0 Å². The van der Waals surface area contributed by atoms with Crippen molar-refractivity contribution >= 4 is 11.6 Å². The van der Waals surface area contributed by atoms with Gasteiger partial charge < -0.3 is 9.84 Å². The van der Waals surface area contributed by atoms with Crippen molar-refractivity contribution in [2.24, 2.45) is 0 Å². The van der Waals surface area contributed by atoms with Gasteiger partial charge in [0.15, 0.2) is 11.6 Å². The van der Waals surface area contributed by atoms with Gasteiger partial charge in [0.25, 0.3) is 5.95 Å². The minimum Gasteiger partial charge on any atom is -0.486 e. The van der Waals surface area contributed by atoms with Crippen LogP contribution in [0.4, 0.5) is 13.2 Å². The van der Waals surface area contributed by atoms with Crippen LogP contribution in [-0.4, -0.2) is 29.8 Å². The van der Waals surface area contributed by atoms with Crippen molar-refractivity contribution in [1.82, 2.24) is 24.7 Å². The van der Waals surface area contributed by atoms with Crippen LogP contribution in [0.3, 0.4) is 0 Å². The number of hydrogen-bond acceptors (Lipinski definition) is 6. The van der Waals surface area contributed by atoms with Gasteiger partial charge in [0.2, 0.25) is 0 Å². The zero-order valence-corrected chi connectivity index (χ0v) is 13.7. The number of ether oxygens (including phenoxy) is 1. The summed E-state index contributed by atoms with van der Waals surface area (Å²) in [7, 11) is 0. The minimum absolute atomic E-state index is 0.0449. The third-order valence-electron chi connectivity index (χ3n) is 3.31. The molecule has 2 aromatic heterocycles. The third-order valence-corrected chi connectivity index (χ3v) is 3.66. The molecule has 0 unspecified atom stereocenters. The number of hydrogen-bond donors (Lipinski definition) is 1. The molecule has 0 aliphatic carbocycles. The van der Waals surface area contributed by atoms with Gasteiger partial charge in [-0.25, -0.2) is 15.0 Å². The van der Waals surface area contributed by atoms with Crippen molar-refractivity contribution in [2.75, 3.05) is 0 Å². The van der Waals surface area contributed by atoms with Gasteiger partial charge in [0.1, 0.15) is 19.5 Å². The summed E-state index contributed by atoms with van der Waals surface area (Å²) in [6.07, 6.45) is -0.651. The third kappa shape index (κ3) is 3.92. The molecule has 1 N–H and O–H groups in total. The van der Waals surface area contributed by atoms with Crippen LogP contribution >= 0.6 is 11.6 Å². The van der Waals surface area contributed by atoms with E-state index in [1.165, 1.54) is 35.5 Å². The van der Waals surface area contributed by atoms with E-state index in [0.717, 1.165) is 6.07 Å². The molecule has 0 spiro atoms. The van der Waals surface area contributed by atoms with Crippen LogP contribution in [0.15, 0.2) is 36.9 Å². The summed E-state index contributed by atoms with van der Waals surface area (Å²) in [5, 5.41) is 12.8. The summed E-state index contributed by atoms with van der Waals surface area (Å²) in [5.74, 6) is 0.523. The second-order valence-corrected chi connectivity index (χ2v) is 5.44. The lowest BCUT2D eigenvalue weighted by molar-refractivity contribution is -0.138. The van der Waals surface area contributed by atoms with Crippen LogP contribution < -0.4 is 4.74 Å². The summed E-state index contributed by atoms with van der Waals surface area (Å²) < 4.78 is 45.7. The maximum atomic E-state index is 13.1. The highest BCUT2D eigenvalue weighted by Gasteiger charge is 2.34. The van der Waals surface area contributed by atoms with Gasteiger partial charge >= 0.3 is 6.18 Å². The summed E-state index contributed by atoms with van der Waals surface area (Å²) in [6.45, 7) is -0.719. The molecule has 1 aromatic carbocycles. The Hall–Kier alpha value is -2.72. The van der Waals surface area contributed by atoms with Crippen LogP contribution in [0.5, 0.6) is 5.75 Å². The number of rotatable bonds is 5. The van der Waals surface area contributed by atoms with E-state index >= 15 is 0 Å². The number of nitrogens with zero attached hydrogens (tertiary/aromatic N) is 5. The molecule has 0 atom stereocenters. The van der Waals surface area contributed by atoms with E-state index in [-0.39, 0.29) is 34.7 Å². The molecule has 11 heteroatoms. The fourth-order valence-electron chi connectivity index (χ4n) is 2.09. The molecule has 0 aliphatic heterocycles. The Labute approximate surface area is 150 Å². The van der Waals surface area contributed by atoms with Gasteiger partial charge in [0.05, 0.1) is 18.0 Å². The van der Waals surface area contributed by atoms with Crippen molar-refractivity contribution in [3.8, 4) is 11.7 Å². The maximum absolute atomic E-state index is 13.1. The summed E-state index contributed by atoms with van der Waals surface area (Å²) in [5.41, 5.74) is -1.03. The molecular formula is C15H11ClF3N5O2. The van der Waals surface area contributed by atoms with Gasteiger partial charge in [-0.2, -0.15) is 17.9 Å². The molecule has 0 saturated heterocycles. The molecule has 2 heterocycles. The smallest absolute Gasteiger partial charge is 0.416 e.